The van der Waals surface area contributed by atoms with Gasteiger partial charge in [0.1, 0.15) is 6.04 Å². The van der Waals surface area contributed by atoms with Crippen molar-refractivity contribution in [1.82, 2.24) is 9.80 Å². The highest BCUT2D eigenvalue weighted by Crippen LogP contribution is 2.27. The van der Waals surface area contributed by atoms with Crippen LogP contribution in [-0.2, 0) is 20.7 Å². The van der Waals surface area contributed by atoms with Crippen LogP contribution in [0.1, 0.15) is 37.7 Å². The molecule has 0 N–H and O–H groups in total. The summed E-state index contributed by atoms with van der Waals surface area (Å²) < 4.78 is 5.11. The zero-order valence-corrected chi connectivity index (χ0v) is 15.7. The molecule has 0 radical (unpaired) electrons. The number of nitrogens with zero attached hydrogens (tertiary/aromatic N) is 2. The van der Waals surface area contributed by atoms with Crippen LogP contribution in [0.15, 0.2) is 30.3 Å². The van der Waals surface area contributed by atoms with Crippen molar-refractivity contribution in [3.8, 4) is 0 Å². The second kappa shape index (κ2) is 9.17. The highest BCUT2D eigenvalue weighted by atomic mass is 16.5. The Balaban J connectivity index is 1.77. The van der Waals surface area contributed by atoms with Gasteiger partial charge in [0.05, 0.1) is 13.2 Å². The third-order valence-electron chi connectivity index (χ3n) is 5.64. The van der Waals surface area contributed by atoms with Crippen LogP contribution in [0.3, 0.4) is 0 Å². The van der Waals surface area contributed by atoms with Crippen molar-refractivity contribution in [3.05, 3.63) is 35.9 Å². The van der Waals surface area contributed by atoms with Gasteiger partial charge in [-0.1, -0.05) is 49.6 Å². The SMILES string of the molecule is COCCN1CC(=O)N(CC2CCCCC2)[C@H](Cc2ccccc2)C1=O. The standard InChI is InChI=1S/C21H30N2O3/c1-26-13-12-22-16-20(24)23(15-18-10-6-3-7-11-18)19(21(22)25)14-17-8-4-2-5-9-17/h2,4-5,8-9,18-19H,3,6-7,10-16H2,1H3/t19-/m1/s1. The zero-order valence-electron chi connectivity index (χ0n) is 15.7. The van der Waals surface area contributed by atoms with Crippen LogP contribution in [0, 0.1) is 5.92 Å². The quantitative estimate of drug-likeness (QED) is 0.752. The van der Waals surface area contributed by atoms with E-state index in [4.69, 9.17) is 4.74 Å². The largest absolute Gasteiger partial charge is 0.383 e. The molecule has 0 aromatic heterocycles. The van der Waals surface area contributed by atoms with Crippen LogP contribution >= 0.6 is 0 Å². The minimum absolute atomic E-state index is 0.0568. The Hall–Kier alpha value is -1.88. The number of amides is 2. The Kier molecular flexibility index (Phi) is 6.67. The molecule has 1 aliphatic carbocycles. The fourth-order valence-electron chi connectivity index (χ4n) is 4.15. The number of piperazine rings is 1. The molecule has 1 saturated heterocycles. The maximum Gasteiger partial charge on any atom is 0.246 e. The predicted octanol–water partition coefficient (Wildman–Crippen LogP) is 2.50. The first-order chi connectivity index (χ1) is 12.7. The predicted molar refractivity (Wildman–Crippen MR) is 101 cm³/mol. The van der Waals surface area contributed by atoms with E-state index in [1.54, 1.807) is 12.0 Å². The lowest BCUT2D eigenvalue weighted by molar-refractivity contribution is -0.157. The fraction of sp³-hybridized carbons (Fsp3) is 0.619. The van der Waals surface area contributed by atoms with Crippen LogP contribution in [0.25, 0.3) is 0 Å². The van der Waals surface area contributed by atoms with Gasteiger partial charge < -0.3 is 14.5 Å². The minimum Gasteiger partial charge on any atom is -0.383 e. The van der Waals surface area contributed by atoms with Crippen molar-refractivity contribution >= 4 is 11.8 Å². The van der Waals surface area contributed by atoms with Crippen LogP contribution in [0.4, 0.5) is 0 Å². The number of benzene rings is 1. The summed E-state index contributed by atoms with van der Waals surface area (Å²) in [4.78, 5) is 29.5. The molecule has 2 fully saturated rings. The molecule has 2 amide bonds. The monoisotopic (exact) mass is 358 g/mol. The molecular weight excluding hydrogens is 328 g/mol. The molecule has 0 unspecified atom stereocenters. The molecule has 1 aliphatic heterocycles. The molecule has 26 heavy (non-hydrogen) atoms. The first-order valence-corrected chi connectivity index (χ1v) is 9.80. The Morgan fingerprint density at radius 1 is 1.08 bits per heavy atom. The number of hydrogen-bond donors (Lipinski definition) is 0. The average Bonchev–Trinajstić information content (AvgIpc) is 2.68. The molecular formula is C21H30N2O3. The van der Waals surface area contributed by atoms with E-state index in [2.05, 4.69) is 0 Å². The van der Waals surface area contributed by atoms with E-state index >= 15 is 0 Å². The smallest absolute Gasteiger partial charge is 0.246 e. The molecule has 1 saturated carbocycles. The normalized spacial score (nSPS) is 22.1. The maximum atomic E-state index is 13.1. The zero-order chi connectivity index (χ0) is 18.4. The molecule has 1 heterocycles. The van der Waals surface area contributed by atoms with Crippen molar-refractivity contribution in [2.75, 3.05) is 33.4 Å². The number of ether oxygens (including phenoxy) is 1. The summed E-state index contributed by atoms with van der Waals surface area (Å²) in [6.45, 7) is 1.84. The summed E-state index contributed by atoms with van der Waals surface area (Å²) in [5, 5.41) is 0. The van der Waals surface area contributed by atoms with Gasteiger partial charge in [0.25, 0.3) is 0 Å². The summed E-state index contributed by atoms with van der Waals surface area (Å²) >= 11 is 0. The van der Waals surface area contributed by atoms with E-state index in [-0.39, 0.29) is 18.4 Å². The Labute approximate surface area is 156 Å². The van der Waals surface area contributed by atoms with E-state index in [1.807, 2.05) is 35.2 Å². The van der Waals surface area contributed by atoms with Gasteiger partial charge in [-0.3, -0.25) is 9.59 Å². The Morgan fingerprint density at radius 3 is 2.50 bits per heavy atom. The summed E-state index contributed by atoms with van der Waals surface area (Å²) in [5.74, 6) is 0.665. The number of carbonyl (C=O) groups excluding carboxylic acids is 2. The van der Waals surface area contributed by atoms with E-state index in [1.165, 1.54) is 32.1 Å². The van der Waals surface area contributed by atoms with Crippen LogP contribution < -0.4 is 0 Å². The fourth-order valence-corrected chi connectivity index (χ4v) is 4.15. The Morgan fingerprint density at radius 2 is 1.81 bits per heavy atom. The minimum atomic E-state index is -0.391. The third-order valence-corrected chi connectivity index (χ3v) is 5.64. The van der Waals surface area contributed by atoms with E-state index in [0.29, 0.717) is 25.5 Å². The van der Waals surface area contributed by atoms with Crippen LogP contribution in [0.2, 0.25) is 0 Å². The molecule has 0 bridgehead atoms. The van der Waals surface area contributed by atoms with Crippen molar-refractivity contribution in [1.29, 1.82) is 0 Å². The van der Waals surface area contributed by atoms with Gasteiger partial charge in [0, 0.05) is 26.6 Å². The van der Waals surface area contributed by atoms with Crippen LogP contribution in [-0.4, -0.2) is 61.0 Å². The Bertz CT molecular complexity index is 599. The number of rotatable bonds is 7. The van der Waals surface area contributed by atoms with Gasteiger partial charge in [0.2, 0.25) is 11.8 Å². The van der Waals surface area contributed by atoms with Crippen LogP contribution in [0.5, 0.6) is 0 Å². The van der Waals surface area contributed by atoms with Crippen molar-refractivity contribution in [2.24, 2.45) is 5.92 Å². The van der Waals surface area contributed by atoms with Gasteiger partial charge >= 0.3 is 0 Å². The lowest BCUT2D eigenvalue weighted by Gasteiger charge is -2.42. The van der Waals surface area contributed by atoms with Gasteiger partial charge in [-0.05, 0) is 24.3 Å². The molecule has 0 spiro atoms. The first-order valence-electron chi connectivity index (χ1n) is 9.80. The van der Waals surface area contributed by atoms with E-state index < -0.39 is 6.04 Å². The highest BCUT2D eigenvalue weighted by molar-refractivity contribution is 5.95. The maximum absolute atomic E-state index is 13.1. The van der Waals surface area contributed by atoms with Gasteiger partial charge in [0.15, 0.2) is 0 Å². The summed E-state index contributed by atoms with van der Waals surface area (Å²) in [5.41, 5.74) is 1.10. The van der Waals surface area contributed by atoms with E-state index in [0.717, 1.165) is 12.1 Å². The number of methoxy groups -OCH3 is 1. The lowest BCUT2D eigenvalue weighted by atomic mass is 9.88. The molecule has 142 valence electrons. The second-order valence-corrected chi connectivity index (χ2v) is 7.51. The molecule has 2 aliphatic rings. The number of carbonyl (C=O) groups is 2. The molecule has 3 rings (SSSR count). The lowest BCUT2D eigenvalue weighted by Crippen LogP contribution is -2.61. The topological polar surface area (TPSA) is 49.9 Å². The van der Waals surface area contributed by atoms with Crippen molar-refractivity contribution < 1.29 is 14.3 Å². The number of hydrogen-bond acceptors (Lipinski definition) is 3. The average molecular weight is 358 g/mol. The van der Waals surface area contributed by atoms with Crippen molar-refractivity contribution in [2.45, 2.75) is 44.6 Å². The highest BCUT2D eigenvalue weighted by Gasteiger charge is 2.39. The summed E-state index contributed by atoms with van der Waals surface area (Å²) in [6, 6.07) is 9.62. The molecule has 1 atom stereocenters. The summed E-state index contributed by atoms with van der Waals surface area (Å²) in [7, 11) is 1.62. The third kappa shape index (κ3) is 4.64. The second-order valence-electron chi connectivity index (χ2n) is 7.51. The van der Waals surface area contributed by atoms with Gasteiger partial charge in [-0.15, -0.1) is 0 Å². The molecule has 1 aromatic rings. The molecule has 1 aromatic carbocycles. The summed E-state index contributed by atoms with van der Waals surface area (Å²) in [6.07, 6.45) is 6.70. The van der Waals surface area contributed by atoms with Gasteiger partial charge in [-0.2, -0.15) is 0 Å². The molecule has 5 heteroatoms. The van der Waals surface area contributed by atoms with E-state index in [9.17, 15) is 9.59 Å². The van der Waals surface area contributed by atoms with Crippen molar-refractivity contribution in [3.63, 3.8) is 0 Å². The first kappa shape index (κ1) is 18.9. The molecule has 5 nitrogen and oxygen atoms in total. The van der Waals surface area contributed by atoms with Gasteiger partial charge in [-0.25, -0.2) is 0 Å².